The SMILES string of the molecule is Cc1ccc(S(=O)(=O)O)c([C@H](C)COCC(F)(F)OC(F)(F)C(F)(F)OC(F)(F)C(F)(F)OC(F)(F)F)c1. The first-order chi connectivity index (χ1) is 16.6. The summed E-state index contributed by atoms with van der Waals surface area (Å²) < 4.78 is 210. The fraction of sp³-hybridized carbons (Fsp3) is 0.647. The van der Waals surface area contributed by atoms with Gasteiger partial charge in [-0.15, -0.1) is 13.2 Å². The first-order valence-electron chi connectivity index (χ1n) is 9.34. The van der Waals surface area contributed by atoms with Crippen LogP contribution >= 0.6 is 0 Å². The Kier molecular flexibility index (Phi) is 9.79. The summed E-state index contributed by atoms with van der Waals surface area (Å²) in [7, 11) is -4.84. The first-order valence-corrected chi connectivity index (χ1v) is 10.8. The van der Waals surface area contributed by atoms with Crippen molar-refractivity contribution in [3.63, 3.8) is 0 Å². The Morgan fingerprint density at radius 3 is 1.68 bits per heavy atom. The Morgan fingerprint density at radius 1 is 0.789 bits per heavy atom. The van der Waals surface area contributed by atoms with E-state index in [1.54, 1.807) is 9.47 Å². The van der Waals surface area contributed by atoms with Gasteiger partial charge in [0.25, 0.3) is 10.1 Å². The van der Waals surface area contributed by atoms with Crippen LogP contribution in [0.4, 0.5) is 57.1 Å². The summed E-state index contributed by atoms with van der Waals surface area (Å²) in [5.41, 5.74) is 0.184. The third-order valence-electron chi connectivity index (χ3n) is 4.07. The highest BCUT2D eigenvalue weighted by molar-refractivity contribution is 7.85. The maximum atomic E-state index is 13.7. The van der Waals surface area contributed by atoms with E-state index in [2.05, 4.69) is 9.47 Å². The van der Waals surface area contributed by atoms with Crippen LogP contribution in [0.25, 0.3) is 0 Å². The average Bonchev–Trinajstić information content (AvgIpc) is 2.62. The molecule has 0 fully saturated rings. The minimum absolute atomic E-state index is 0.216. The van der Waals surface area contributed by atoms with E-state index in [9.17, 15) is 70.0 Å². The van der Waals surface area contributed by atoms with E-state index in [1.807, 2.05) is 0 Å². The van der Waals surface area contributed by atoms with Gasteiger partial charge in [-0.3, -0.25) is 4.55 Å². The van der Waals surface area contributed by atoms with E-state index in [-0.39, 0.29) is 5.56 Å². The van der Waals surface area contributed by atoms with Gasteiger partial charge < -0.3 is 4.74 Å². The summed E-state index contributed by atoms with van der Waals surface area (Å²) >= 11 is 0. The van der Waals surface area contributed by atoms with E-state index in [1.165, 1.54) is 13.0 Å². The fourth-order valence-electron chi connectivity index (χ4n) is 2.49. The standard InChI is InChI=1S/C17H15F13O7S/c1-8-3-4-11(38(31,32)33)10(5-8)9(2)6-34-7-12(18,19)35-13(20,21)14(22,23)36-15(24,25)16(26,27)37-17(28,29)30/h3-5,9H,6-7H2,1-2H3,(H,31,32,33)/t9-/m1/s1. The Hall–Kier alpha value is -1.94. The molecule has 21 heteroatoms. The van der Waals surface area contributed by atoms with Crippen LogP contribution in [0.5, 0.6) is 0 Å². The first kappa shape index (κ1) is 34.1. The number of rotatable bonds is 13. The number of halogens is 13. The van der Waals surface area contributed by atoms with E-state index >= 15 is 0 Å². The average molecular weight is 610 g/mol. The highest BCUT2D eigenvalue weighted by Crippen LogP contribution is 2.48. The number of alkyl halides is 13. The number of benzene rings is 1. The van der Waals surface area contributed by atoms with Gasteiger partial charge in [0, 0.05) is 5.92 Å². The molecule has 0 spiro atoms. The summed E-state index contributed by atoms with van der Waals surface area (Å²) in [6, 6.07) is 3.33. The number of hydrogen-bond donors (Lipinski definition) is 1. The zero-order valence-electron chi connectivity index (χ0n) is 18.4. The van der Waals surface area contributed by atoms with E-state index in [0.717, 1.165) is 19.1 Å². The van der Waals surface area contributed by atoms with Crippen LogP contribution in [0.15, 0.2) is 23.1 Å². The predicted molar refractivity (Wildman–Crippen MR) is 94.3 cm³/mol. The lowest BCUT2D eigenvalue weighted by Crippen LogP contribution is -2.57. The van der Waals surface area contributed by atoms with Gasteiger partial charge in [-0.25, -0.2) is 14.2 Å². The molecule has 1 rings (SSSR count). The van der Waals surface area contributed by atoms with Crippen molar-refractivity contribution in [1.29, 1.82) is 0 Å². The van der Waals surface area contributed by atoms with Gasteiger partial charge in [-0.1, -0.05) is 24.6 Å². The number of aryl methyl sites for hydroxylation is 1. The lowest BCUT2D eigenvalue weighted by Gasteiger charge is -2.33. The van der Waals surface area contributed by atoms with Crippen molar-refractivity contribution >= 4 is 10.1 Å². The van der Waals surface area contributed by atoms with Crippen LogP contribution in [-0.2, 0) is 29.1 Å². The Morgan fingerprint density at radius 2 is 1.24 bits per heavy atom. The van der Waals surface area contributed by atoms with Gasteiger partial charge in [0.1, 0.15) is 6.61 Å². The van der Waals surface area contributed by atoms with E-state index in [0.29, 0.717) is 5.56 Å². The Labute approximate surface area is 204 Å². The van der Waals surface area contributed by atoms with Crippen molar-refractivity contribution in [3.8, 4) is 0 Å². The largest absolute Gasteiger partial charge is 0.527 e. The number of hydrogen-bond acceptors (Lipinski definition) is 6. The van der Waals surface area contributed by atoms with Crippen LogP contribution in [0.2, 0.25) is 0 Å². The smallest absolute Gasteiger partial charge is 0.372 e. The molecule has 0 bridgehead atoms. The van der Waals surface area contributed by atoms with Gasteiger partial charge in [0.05, 0.1) is 11.5 Å². The van der Waals surface area contributed by atoms with Gasteiger partial charge in [0.2, 0.25) is 0 Å². The molecule has 1 atom stereocenters. The zero-order chi connectivity index (χ0) is 30.2. The molecular formula is C17H15F13O7S. The van der Waals surface area contributed by atoms with Gasteiger partial charge in [-0.2, -0.15) is 52.3 Å². The molecule has 1 N–H and O–H groups in total. The second-order valence-electron chi connectivity index (χ2n) is 7.39. The molecule has 0 amide bonds. The monoisotopic (exact) mass is 610 g/mol. The van der Waals surface area contributed by atoms with E-state index in [4.69, 9.17) is 0 Å². The Balaban J connectivity index is 2.95. The zero-order valence-corrected chi connectivity index (χ0v) is 19.3. The predicted octanol–water partition coefficient (Wildman–Crippen LogP) is 5.90. The molecule has 7 nitrogen and oxygen atoms in total. The lowest BCUT2D eigenvalue weighted by molar-refractivity contribution is -0.564. The van der Waals surface area contributed by atoms with Crippen LogP contribution in [0, 0.1) is 6.92 Å². The maximum absolute atomic E-state index is 13.7. The maximum Gasteiger partial charge on any atom is 0.527 e. The van der Waals surface area contributed by atoms with Crippen LogP contribution in [0.3, 0.4) is 0 Å². The second kappa shape index (κ2) is 10.9. The molecule has 0 aliphatic carbocycles. The molecule has 0 radical (unpaired) electrons. The minimum atomic E-state index is -7.15. The normalized spacial score (nSPS) is 15.6. The second-order valence-corrected chi connectivity index (χ2v) is 8.78. The van der Waals surface area contributed by atoms with Gasteiger partial charge >= 0.3 is 36.9 Å². The third-order valence-corrected chi connectivity index (χ3v) is 5.00. The van der Waals surface area contributed by atoms with Crippen LogP contribution in [-0.4, -0.2) is 63.1 Å². The highest BCUT2D eigenvalue weighted by Gasteiger charge is 2.74. The van der Waals surface area contributed by atoms with Gasteiger partial charge in [-0.05, 0) is 18.6 Å². The molecule has 0 unspecified atom stereocenters. The van der Waals surface area contributed by atoms with Crippen molar-refractivity contribution in [2.24, 2.45) is 0 Å². The Bertz CT molecular complexity index is 1070. The third kappa shape index (κ3) is 9.07. The molecule has 1 aromatic rings. The summed E-state index contributed by atoms with van der Waals surface area (Å²) in [6.45, 7) is -0.738. The highest BCUT2D eigenvalue weighted by atomic mass is 32.2. The molecule has 38 heavy (non-hydrogen) atoms. The van der Waals surface area contributed by atoms with Crippen LogP contribution in [0.1, 0.15) is 24.0 Å². The summed E-state index contributed by atoms with van der Waals surface area (Å²) in [5, 5.41) is 0. The molecular weight excluding hydrogens is 595 g/mol. The topological polar surface area (TPSA) is 91.3 Å². The van der Waals surface area contributed by atoms with Gasteiger partial charge in [0.15, 0.2) is 0 Å². The molecule has 1 aromatic carbocycles. The van der Waals surface area contributed by atoms with E-state index < -0.39 is 71.1 Å². The fourth-order valence-corrected chi connectivity index (χ4v) is 3.29. The van der Waals surface area contributed by atoms with Crippen LogP contribution < -0.4 is 0 Å². The minimum Gasteiger partial charge on any atom is -0.372 e. The van der Waals surface area contributed by atoms with Crippen molar-refractivity contribution in [3.05, 3.63) is 29.3 Å². The molecule has 0 saturated carbocycles. The molecule has 0 saturated heterocycles. The molecule has 222 valence electrons. The lowest BCUT2D eigenvalue weighted by atomic mass is 10.00. The van der Waals surface area contributed by atoms with Crippen molar-refractivity contribution in [2.75, 3.05) is 13.2 Å². The summed E-state index contributed by atoms with van der Waals surface area (Å²) in [5.74, 6) is -1.19. The summed E-state index contributed by atoms with van der Waals surface area (Å²) in [4.78, 5) is -0.697. The molecule has 0 heterocycles. The summed E-state index contributed by atoms with van der Waals surface area (Å²) in [6.07, 6.45) is -40.3. The molecule has 0 aromatic heterocycles. The quantitative estimate of drug-likeness (QED) is 0.220. The molecule has 0 aliphatic heterocycles. The van der Waals surface area contributed by atoms with Crippen molar-refractivity contribution in [1.82, 2.24) is 0 Å². The number of ether oxygens (including phenoxy) is 4. The van der Waals surface area contributed by atoms with Crippen molar-refractivity contribution in [2.45, 2.75) is 61.6 Å². The molecule has 0 aliphatic rings. The van der Waals surface area contributed by atoms with Crippen molar-refractivity contribution < 1.29 is 89.0 Å².